The number of esters is 1. The minimum Gasteiger partial charge on any atom is -0.494 e. The maximum atomic E-state index is 14.4. The minimum atomic E-state index is -4.74. The zero-order valence-electron chi connectivity index (χ0n) is 23.9. The first-order chi connectivity index (χ1) is 21.0. The Balaban J connectivity index is 1.56. The van der Waals surface area contributed by atoms with Gasteiger partial charge in [-0.1, -0.05) is 25.1 Å². The molecule has 0 aliphatic carbocycles. The van der Waals surface area contributed by atoms with E-state index in [0.29, 0.717) is 18.5 Å². The van der Waals surface area contributed by atoms with Crippen molar-refractivity contribution >= 4 is 23.6 Å². The van der Waals surface area contributed by atoms with Crippen LogP contribution in [0.25, 0.3) is 17.3 Å². The van der Waals surface area contributed by atoms with Crippen LogP contribution in [-0.4, -0.2) is 33.9 Å². The molecule has 2 aromatic heterocycles. The number of benzene rings is 2. The number of nitrogens with zero attached hydrogens (tertiary/aromatic N) is 4. The summed E-state index contributed by atoms with van der Waals surface area (Å²) >= 11 is 0. The van der Waals surface area contributed by atoms with Crippen molar-refractivity contribution in [3.8, 4) is 17.0 Å². The summed E-state index contributed by atoms with van der Waals surface area (Å²) in [5, 5.41) is 5.11. The lowest BCUT2D eigenvalue weighted by Crippen LogP contribution is -2.42. The van der Waals surface area contributed by atoms with E-state index in [0.717, 1.165) is 12.1 Å². The maximum Gasteiger partial charge on any atom is 0.417 e. The summed E-state index contributed by atoms with van der Waals surface area (Å²) in [7, 11) is 0. The molecule has 44 heavy (non-hydrogen) atoms. The highest BCUT2D eigenvalue weighted by Gasteiger charge is 2.45. The number of anilines is 2. The third-order valence-electron chi connectivity index (χ3n) is 6.95. The van der Waals surface area contributed by atoms with Crippen LogP contribution in [0.3, 0.4) is 0 Å². The van der Waals surface area contributed by atoms with Crippen molar-refractivity contribution in [1.82, 2.24) is 14.7 Å². The standard InChI is InChI=1S/C30H28F5N5O4/c1-4-13-42-18-9-10-19(20(15-18)30(33,34)35)22-16-25(44-38-22)29(3,28(41)43-14-5-2)39-17-36-27-24(39)11-12-40(37-27)23-8-6-7-21(31)26(23)32/h6-12,15-17,37H,4-5,13-14H2,1-3H3. The van der Waals surface area contributed by atoms with Gasteiger partial charge in [-0.15, -0.1) is 0 Å². The van der Waals surface area contributed by atoms with Gasteiger partial charge < -0.3 is 18.6 Å². The van der Waals surface area contributed by atoms with Gasteiger partial charge >= 0.3 is 12.1 Å². The number of aromatic nitrogens is 3. The van der Waals surface area contributed by atoms with Crippen molar-refractivity contribution in [2.75, 3.05) is 23.6 Å². The number of rotatable bonds is 10. The molecule has 0 saturated heterocycles. The third-order valence-corrected chi connectivity index (χ3v) is 6.95. The maximum absolute atomic E-state index is 14.4. The molecule has 3 heterocycles. The van der Waals surface area contributed by atoms with E-state index in [1.165, 1.54) is 65.4 Å². The van der Waals surface area contributed by atoms with Crippen LogP contribution in [0.4, 0.5) is 33.5 Å². The van der Waals surface area contributed by atoms with E-state index in [1.807, 2.05) is 6.92 Å². The SMILES string of the molecule is CCCOC(=O)C(C)(c1cc(-c2ccc(OCCC)cc2C(F)(F)F)no1)n1cnc2c1C=CN(c1cccc(F)c1F)N2. The predicted molar refractivity (Wildman–Crippen MR) is 150 cm³/mol. The summed E-state index contributed by atoms with van der Waals surface area (Å²) in [6.45, 7) is 5.40. The van der Waals surface area contributed by atoms with Gasteiger partial charge in [0.1, 0.15) is 17.1 Å². The third kappa shape index (κ3) is 5.58. The fraction of sp³-hybridized carbons (Fsp3) is 0.300. The van der Waals surface area contributed by atoms with Crippen LogP contribution in [0.1, 0.15) is 50.6 Å². The van der Waals surface area contributed by atoms with Crippen molar-refractivity contribution in [1.29, 1.82) is 0 Å². The van der Waals surface area contributed by atoms with Gasteiger partial charge in [0.15, 0.2) is 23.2 Å². The normalized spacial score (nSPS) is 14.1. The smallest absolute Gasteiger partial charge is 0.417 e. The number of halogens is 5. The summed E-state index contributed by atoms with van der Waals surface area (Å²) in [6, 6.07) is 8.45. The van der Waals surface area contributed by atoms with Gasteiger partial charge in [0.2, 0.25) is 5.54 Å². The van der Waals surface area contributed by atoms with Crippen LogP contribution in [-0.2, 0) is 21.2 Å². The van der Waals surface area contributed by atoms with Crippen LogP contribution in [0.2, 0.25) is 0 Å². The predicted octanol–water partition coefficient (Wildman–Crippen LogP) is 7.16. The Labute approximate surface area is 248 Å². The number of fused-ring (bicyclic) bond motifs is 1. The van der Waals surface area contributed by atoms with Gasteiger partial charge in [0.05, 0.1) is 30.8 Å². The molecule has 9 nitrogen and oxygen atoms in total. The van der Waals surface area contributed by atoms with E-state index >= 15 is 0 Å². The summed E-state index contributed by atoms with van der Waals surface area (Å²) in [5.74, 6) is -2.81. The summed E-state index contributed by atoms with van der Waals surface area (Å²) < 4.78 is 88.4. The summed E-state index contributed by atoms with van der Waals surface area (Å²) in [5.41, 5.74) is -0.159. The fourth-order valence-corrected chi connectivity index (χ4v) is 4.65. The molecule has 232 valence electrons. The Morgan fingerprint density at radius 2 is 1.84 bits per heavy atom. The Morgan fingerprint density at radius 3 is 2.57 bits per heavy atom. The van der Waals surface area contributed by atoms with Gasteiger partial charge in [0.25, 0.3) is 0 Å². The van der Waals surface area contributed by atoms with Crippen LogP contribution in [0.15, 0.2) is 59.5 Å². The molecule has 1 N–H and O–H groups in total. The number of carbonyl (C=O) groups excluding carboxylic acids is 1. The molecule has 0 fully saturated rings. The summed E-state index contributed by atoms with van der Waals surface area (Å²) in [6.07, 6.45) is 0.579. The first-order valence-electron chi connectivity index (χ1n) is 13.7. The zero-order chi connectivity index (χ0) is 31.6. The van der Waals surface area contributed by atoms with Gasteiger partial charge in [0, 0.05) is 17.8 Å². The Kier molecular flexibility index (Phi) is 8.35. The number of hydrazine groups is 1. The van der Waals surface area contributed by atoms with Gasteiger partial charge in [-0.2, -0.15) is 13.2 Å². The average Bonchev–Trinajstić information content (AvgIpc) is 3.67. The van der Waals surface area contributed by atoms with E-state index in [9.17, 15) is 26.7 Å². The number of hydrogen-bond acceptors (Lipinski definition) is 8. The van der Waals surface area contributed by atoms with Crippen molar-refractivity contribution < 1.29 is 40.7 Å². The largest absolute Gasteiger partial charge is 0.494 e. The van der Waals surface area contributed by atoms with E-state index in [-0.39, 0.29) is 47.5 Å². The Morgan fingerprint density at radius 1 is 1.07 bits per heavy atom. The van der Waals surface area contributed by atoms with E-state index in [2.05, 4.69) is 15.6 Å². The van der Waals surface area contributed by atoms with E-state index in [1.54, 1.807) is 6.92 Å². The minimum absolute atomic E-state index is 0.0520. The number of imidazole rings is 1. The number of alkyl halides is 3. The second kappa shape index (κ2) is 12.0. The highest BCUT2D eigenvalue weighted by molar-refractivity contribution is 5.84. The second-order valence-corrected chi connectivity index (χ2v) is 10.1. The van der Waals surface area contributed by atoms with Gasteiger partial charge in [-0.3, -0.25) is 10.4 Å². The molecule has 1 aliphatic heterocycles. The Bertz CT molecular complexity index is 1700. The molecule has 2 aromatic carbocycles. The molecular weight excluding hydrogens is 589 g/mol. The average molecular weight is 618 g/mol. The van der Waals surface area contributed by atoms with Crippen molar-refractivity contribution in [3.63, 3.8) is 0 Å². The first kappa shape index (κ1) is 30.6. The molecule has 1 atom stereocenters. The molecule has 4 aromatic rings. The van der Waals surface area contributed by atoms with Crippen LogP contribution in [0.5, 0.6) is 5.75 Å². The molecule has 0 bridgehead atoms. The van der Waals surface area contributed by atoms with Gasteiger partial charge in [-0.05, 0) is 56.2 Å². The highest BCUT2D eigenvalue weighted by Crippen LogP contribution is 2.41. The lowest BCUT2D eigenvalue weighted by atomic mass is 9.95. The number of hydrogen-bond donors (Lipinski definition) is 1. The first-order valence-corrected chi connectivity index (χ1v) is 13.7. The lowest BCUT2D eigenvalue weighted by Gasteiger charge is -2.30. The molecule has 0 spiro atoms. The van der Waals surface area contributed by atoms with Gasteiger partial charge in [-0.25, -0.2) is 18.6 Å². The monoisotopic (exact) mass is 617 g/mol. The molecular formula is C30H28F5N5O4. The molecule has 0 amide bonds. The number of ether oxygens (including phenoxy) is 2. The topological polar surface area (TPSA) is 94.7 Å². The summed E-state index contributed by atoms with van der Waals surface area (Å²) in [4.78, 5) is 17.9. The number of nitrogens with one attached hydrogen (secondary N) is 1. The van der Waals surface area contributed by atoms with Crippen LogP contribution >= 0.6 is 0 Å². The molecule has 1 aliphatic rings. The van der Waals surface area contributed by atoms with Crippen molar-refractivity contribution in [2.45, 2.75) is 45.3 Å². The quantitative estimate of drug-likeness (QED) is 0.148. The van der Waals surface area contributed by atoms with Crippen molar-refractivity contribution in [2.24, 2.45) is 0 Å². The van der Waals surface area contributed by atoms with Crippen LogP contribution in [0, 0.1) is 11.6 Å². The molecule has 0 saturated carbocycles. The molecule has 1 unspecified atom stereocenters. The van der Waals surface area contributed by atoms with Crippen LogP contribution < -0.4 is 15.2 Å². The molecule has 14 heteroatoms. The molecule has 5 rings (SSSR count). The second-order valence-electron chi connectivity index (χ2n) is 10.1. The van der Waals surface area contributed by atoms with E-state index in [4.69, 9.17) is 14.0 Å². The lowest BCUT2D eigenvalue weighted by molar-refractivity contribution is -0.152. The van der Waals surface area contributed by atoms with Crippen molar-refractivity contribution in [3.05, 3.63) is 83.6 Å². The van der Waals surface area contributed by atoms with E-state index < -0.39 is 34.9 Å². The highest BCUT2D eigenvalue weighted by atomic mass is 19.4. The Hall–Kier alpha value is -4.88. The molecule has 0 radical (unpaired) electrons. The zero-order valence-corrected chi connectivity index (χ0v) is 23.9. The number of carbonyl (C=O) groups is 1. The fourth-order valence-electron chi connectivity index (χ4n) is 4.65.